The van der Waals surface area contributed by atoms with Gasteiger partial charge in [0.05, 0.1) is 5.52 Å². The highest BCUT2D eigenvalue weighted by atomic mass is 32.2. The Morgan fingerprint density at radius 1 is 1.21 bits per heavy atom. The minimum absolute atomic E-state index is 0.346. The Labute approximate surface area is 111 Å². The van der Waals surface area contributed by atoms with Gasteiger partial charge in [-0.3, -0.25) is 4.79 Å². The van der Waals surface area contributed by atoms with Crippen LogP contribution in [0.1, 0.15) is 6.92 Å². The number of sulfone groups is 1. The highest BCUT2D eigenvalue weighted by Gasteiger charge is 2.23. The number of hydrogen-bond acceptors (Lipinski definition) is 4. The number of anilines is 1. The molecule has 0 aliphatic heterocycles. The molecule has 0 aliphatic rings. The van der Waals surface area contributed by atoms with Gasteiger partial charge in [-0.1, -0.05) is 18.2 Å². The molecule has 1 aromatic carbocycles. The predicted molar refractivity (Wildman–Crippen MR) is 74.7 cm³/mol. The van der Waals surface area contributed by atoms with Crippen LogP contribution in [-0.4, -0.2) is 30.8 Å². The standard InChI is InChI=1S/C13H14N2O3S/c1-9(19(2,17)18)13(16)15-12-8-7-10-5-3-4-6-11(10)14-12/h3-9H,1-2H3,(H,14,15,16)/t9-/m0/s1. The summed E-state index contributed by atoms with van der Waals surface area (Å²) in [5.74, 6) is -0.232. The van der Waals surface area contributed by atoms with E-state index in [2.05, 4.69) is 10.3 Å². The highest BCUT2D eigenvalue weighted by Crippen LogP contribution is 2.15. The van der Waals surface area contributed by atoms with Gasteiger partial charge in [-0.05, 0) is 25.1 Å². The Morgan fingerprint density at radius 2 is 1.89 bits per heavy atom. The van der Waals surface area contributed by atoms with E-state index in [4.69, 9.17) is 0 Å². The summed E-state index contributed by atoms with van der Waals surface area (Å²) in [5.41, 5.74) is 0.743. The van der Waals surface area contributed by atoms with Gasteiger partial charge in [-0.25, -0.2) is 13.4 Å². The first-order chi connectivity index (χ1) is 8.88. The van der Waals surface area contributed by atoms with Gasteiger partial charge in [0, 0.05) is 11.6 Å². The number of hydrogen-bond donors (Lipinski definition) is 1. The lowest BCUT2D eigenvalue weighted by Crippen LogP contribution is -2.32. The first kappa shape index (κ1) is 13.5. The van der Waals surface area contributed by atoms with Gasteiger partial charge in [0.15, 0.2) is 9.84 Å². The zero-order valence-corrected chi connectivity index (χ0v) is 11.4. The van der Waals surface area contributed by atoms with Crippen molar-refractivity contribution in [2.45, 2.75) is 12.2 Å². The van der Waals surface area contributed by atoms with Crippen LogP contribution in [0.5, 0.6) is 0 Å². The van der Waals surface area contributed by atoms with Crippen molar-refractivity contribution in [3.8, 4) is 0 Å². The highest BCUT2D eigenvalue weighted by molar-refractivity contribution is 7.92. The third-order valence-electron chi connectivity index (χ3n) is 2.86. The molecule has 0 bridgehead atoms. The summed E-state index contributed by atoms with van der Waals surface area (Å²) in [6.07, 6.45) is 1.03. The zero-order valence-electron chi connectivity index (χ0n) is 10.6. The molecule has 100 valence electrons. The minimum Gasteiger partial charge on any atom is -0.310 e. The largest absolute Gasteiger partial charge is 0.310 e. The van der Waals surface area contributed by atoms with Crippen LogP contribution in [0.25, 0.3) is 10.9 Å². The Hall–Kier alpha value is -1.95. The van der Waals surface area contributed by atoms with Crippen molar-refractivity contribution in [3.05, 3.63) is 36.4 Å². The number of para-hydroxylation sites is 1. The number of aromatic nitrogens is 1. The molecule has 1 heterocycles. The van der Waals surface area contributed by atoms with Crippen LogP contribution in [0.15, 0.2) is 36.4 Å². The number of fused-ring (bicyclic) bond motifs is 1. The van der Waals surface area contributed by atoms with Crippen LogP contribution in [0.4, 0.5) is 5.82 Å². The fourth-order valence-electron chi connectivity index (χ4n) is 1.56. The number of nitrogens with one attached hydrogen (secondary N) is 1. The van der Waals surface area contributed by atoms with Gasteiger partial charge < -0.3 is 5.32 Å². The van der Waals surface area contributed by atoms with Gasteiger partial charge >= 0.3 is 0 Å². The topological polar surface area (TPSA) is 76.1 Å². The van der Waals surface area contributed by atoms with Gasteiger partial charge in [0.2, 0.25) is 5.91 Å². The van der Waals surface area contributed by atoms with E-state index in [1.807, 2.05) is 30.3 Å². The second kappa shape index (κ2) is 4.97. The number of rotatable bonds is 3. The first-order valence-electron chi connectivity index (χ1n) is 5.73. The summed E-state index contributed by atoms with van der Waals surface area (Å²) in [6, 6.07) is 10.9. The maximum absolute atomic E-state index is 11.8. The number of benzene rings is 1. The quantitative estimate of drug-likeness (QED) is 0.925. The number of amides is 1. The molecule has 0 radical (unpaired) electrons. The summed E-state index contributed by atoms with van der Waals surface area (Å²) in [4.78, 5) is 16.0. The summed E-state index contributed by atoms with van der Waals surface area (Å²) in [5, 5.41) is 2.37. The summed E-state index contributed by atoms with van der Waals surface area (Å²) < 4.78 is 22.6. The number of carbonyl (C=O) groups is 1. The molecule has 1 atom stereocenters. The summed E-state index contributed by atoms with van der Waals surface area (Å²) in [7, 11) is -3.40. The SMILES string of the molecule is C[C@@H](C(=O)Nc1ccc2ccccc2n1)S(C)(=O)=O. The minimum atomic E-state index is -3.40. The Bertz CT molecular complexity index is 726. The number of pyridine rings is 1. The molecule has 1 amide bonds. The molecule has 6 heteroatoms. The molecule has 0 aliphatic carbocycles. The van der Waals surface area contributed by atoms with Crippen molar-refractivity contribution in [1.29, 1.82) is 0 Å². The lowest BCUT2D eigenvalue weighted by atomic mass is 10.2. The molecule has 0 saturated carbocycles. The maximum Gasteiger partial charge on any atom is 0.243 e. The average molecular weight is 278 g/mol. The van der Waals surface area contributed by atoms with Crippen LogP contribution in [0.3, 0.4) is 0 Å². The van der Waals surface area contributed by atoms with E-state index in [-0.39, 0.29) is 0 Å². The molecule has 5 nitrogen and oxygen atoms in total. The van der Waals surface area contributed by atoms with Crippen molar-refractivity contribution < 1.29 is 13.2 Å². The summed E-state index contributed by atoms with van der Waals surface area (Å²) >= 11 is 0. The van der Waals surface area contributed by atoms with Crippen LogP contribution in [0, 0.1) is 0 Å². The van der Waals surface area contributed by atoms with Crippen LogP contribution >= 0.6 is 0 Å². The average Bonchev–Trinajstić information content (AvgIpc) is 2.36. The molecule has 1 N–H and O–H groups in total. The third kappa shape index (κ3) is 3.08. The zero-order chi connectivity index (χ0) is 14.0. The second-order valence-electron chi connectivity index (χ2n) is 4.35. The molecule has 0 saturated heterocycles. The van der Waals surface area contributed by atoms with Gasteiger partial charge in [-0.2, -0.15) is 0 Å². The predicted octanol–water partition coefficient (Wildman–Crippen LogP) is 1.61. The summed E-state index contributed by atoms with van der Waals surface area (Å²) in [6.45, 7) is 1.35. The molecule has 2 rings (SSSR count). The third-order valence-corrected chi connectivity index (χ3v) is 4.36. The van der Waals surface area contributed by atoms with Crippen LogP contribution < -0.4 is 5.32 Å². The Morgan fingerprint density at radius 3 is 2.58 bits per heavy atom. The normalized spacial score (nSPS) is 13.2. The monoisotopic (exact) mass is 278 g/mol. The van der Waals surface area contributed by atoms with E-state index in [9.17, 15) is 13.2 Å². The van der Waals surface area contributed by atoms with Crippen LogP contribution in [-0.2, 0) is 14.6 Å². The lowest BCUT2D eigenvalue weighted by Gasteiger charge is -2.10. The lowest BCUT2D eigenvalue weighted by molar-refractivity contribution is -0.115. The Balaban J connectivity index is 2.24. The molecule has 0 fully saturated rings. The second-order valence-corrected chi connectivity index (χ2v) is 6.72. The van der Waals surface area contributed by atoms with E-state index in [1.165, 1.54) is 6.92 Å². The van der Waals surface area contributed by atoms with Crippen molar-refractivity contribution in [3.63, 3.8) is 0 Å². The van der Waals surface area contributed by atoms with E-state index < -0.39 is 21.0 Å². The molecule has 1 aromatic heterocycles. The molecular weight excluding hydrogens is 264 g/mol. The van der Waals surface area contributed by atoms with Crippen molar-refractivity contribution in [2.24, 2.45) is 0 Å². The number of carbonyl (C=O) groups excluding carboxylic acids is 1. The Kier molecular flexibility index (Phi) is 3.53. The molecule has 19 heavy (non-hydrogen) atoms. The van der Waals surface area contributed by atoms with Crippen molar-refractivity contribution in [1.82, 2.24) is 4.98 Å². The molecule has 0 spiro atoms. The fraction of sp³-hybridized carbons (Fsp3) is 0.231. The van der Waals surface area contributed by atoms with E-state index in [0.29, 0.717) is 5.82 Å². The van der Waals surface area contributed by atoms with E-state index in [1.54, 1.807) is 6.07 Å². The van der Waals surface area contributed by atoms with Gasteiger partial charge in [0.25, 0.3) is 0 Å². The van der Waals surface area contributed by atoms with E-state index >= 15 is 0 Å². The maximum atomic E-state index is 11.8. The van der Waals surface area contributed by atoms with Gasteiger partial charge in [0.1, 0.15) is 11.1 Å². The van der Waals surface area contributed by atoms with Crippen LogP contribution in [0.2, 0.25) is 0 Å². The fourth-order valence-corrected chi connectivity index (χ4v) is 2.01. The first-order valence-corrected chi connectivity index (χ1v) is 7.69. The molecular formula is C13H14N2O3S. The van der Waals surface area contributed by atoms with Crippen molar-refractivity contribution >= 4 is 32.5 Å². The van der Waals surface area contributed by atoms with E-state index in [0.717, 1.165) is 17.2 Å². The van der Waals surface area contributed by atoms with Gasteiger partial charge in [-0.15, -0.1) is 0 Å². The molecule has 2 aromatic rings. The smallest absolute Gasteiger partial charge is 0.243 e. The number of nitrogens with zero attached hydrogens (tertiary/aromatic N) is 1. The van der Waals surface area contributed by atoms with Crippen molar-refractivity contribution in [2.75, 3.05) is 11.6 Å². The molecule has 0 unspecified atom stereocenters.